The smallest absolute Gasteiger partial charge is 0.237 e. The van der Waals surface area contributed by atoms with E-state index in [-0.39, 0.29) is 18.6 Å². The van der Waals surface area contributed by atoms with Crippen molar-refractivity contribution in [3.05, 3.63) is 0 Å². The summed E-state index contributed by atoms with van der Waals surface area (Å²) in [6, 6.07) is 0.00918. The van der Waals surface area contributed by atoms with Gasteiger partial charge in [-0.3, -0.25) is 4.79 Å². The van der Waals surface area contributed by atoms with Gasteiger partial charge in [0.15, 0.2) is 0 Å². The topological polar surface area (TPSA) is 61.4 Å². The molecule has 18 heavy (non-hydrogen) atoms. The highest BCUT2D eigenvalue weighted by molar-refractivity contribution is 5.81. The first-order valence-electron chi connectivity index (χ1n) is 7.43. The van der Waals surface area contributed by atoms with Crippen LogP contribution >= 0.6 is 0 Å². The van der Waals surface area contributed by atoms with Gasteiger partial charge in [-0.25, -0.2) is 0 Å². The number of hydrogen-bond donors (Lipinski definition) is 3. The second-order valence-electron chi connectivity index (χ2n) is 5.73. The molecule has 0 bridgehead atoms. The lowest BCUT2D eigenvalue weighted by atomic mass is 9.79. The highest BCUT2D eigenvalue weighted by Gasteiger charge is 2.26. The van der Waals surface area contributed by atoms with Crippen molar-refractivity contribution in [1.82, 2.24) is 10.6 Å². The van der Waals surface area contributed by atoms with Crippen molar-refractivity contribution in [3.8, 4) is 0 Å². The summed E-state index contributed by atoms with van der Waals surface area (Å²) < 4.78 is 0. The van der Waals surface area contributed by atoms with Crippen LogP contribution < -0.4 is 10.6 Å². The maximum absolute atomic E-state index is 12.0. The first kappa shape index (κ1) is 13.8. The molecule has 2 fully saturated rings. The van der Waals surface area contributed by atoms with Crippen LogP contribution in [0.15, 0.2) is 0 Å². The predicted octanol–water partition coefficient (Wildman–Crippen LogP) is 1.04. The molecular formula is C14H26N2O2. The van der Waals surface area contributed by atoms with Crippen LogP contribution in [0.1, 0.15) is 44.9 Å². The molecule has 2 aliphatic rings. The Morgan fingerprint density at radius 2 is 1.83 bits per heavy atom. The van der Waals surface area contributed by atoms with E-state index in [0.29, 0.717) is 11.8 Å². The number of rotatable bonds is 4. The minimum absolute atomic E-state index is 0.00918. The van der Waals surface area contributed by atoms with Crippen molar-refractivity contribution < 1.29 is 9.90 Å². The second-order valence-corrected chi connectivity index (χ2v) is 5.73. The molecule has 0 aromatic carbocycles. The first-order valence-corrected chi connectivity index (χ1v) is 7.43. The highest BCUT2D eigenvalue weighted by atomic mass is 16.3. The second kappa shape index (κ2) is 7.10. The third kappa shape index (κ3) is 3.69. The van der Waals surface area contributed by atoms with Crippen LogP contribution in [0.5, 0.6) is 0 Å². The van der Waals surface area contributed by atoms with Gasteiger partial charge < -0.3 is 15.7 Å². The molecule has 4 heteroatoms. The third-order valence-corrected chi connectivity index (χ3v) is 4.47. The zero-order chi connectivity index (χ0) is 12.8. The molecule has 0 spiro atoms. The number of aliphatic hydroxyl groups is 1. The van der Waals surface area contributed by atoms with Crippen molar-refractivity contribution in [3.63, 3.8) is 0 Å². The summed E-state index contributed by atoms with van der Waals surface area (Å²) in [6.07, 6.45) is 7.99. The van der Waals surface area contributed by atoms with E-state index >= 15 is 0 Å². The van der Waals surface area contributed by atoms with Crippen LogP contribution in [0.25, 0.3) is 0 Å². The van der Waals surface area contributed by atoms with Gasteiger partial charge in [-0.15, -0.1) is 0 Å². The molecule has 1 saturated carbocycles. The molecule has 4 nitrogen and oxygen atoms in total. The van der Waals surface area contributed by atoms with Crippen LogP contribution in [-0.4, -0.2) is 36.8 Å². The number of aliphatic hydroxyl groups excluding tert-OH is 1. The quantitative estimate of drug-likeness (QED) is 0.702. The van der Waals surface area contributed by atoms with Crippen molar-refractivity contribution in [1.29, 1.82) is 0 Å². The van der Waals surface area contributed by atoms with Crippen LogP contribution in [0.2, 0.25) is 0 Å². The molecule has 2 unspecified atom stereocenters. The van der Waals surface area contributed by atoms with Crippen LogP contribution in [0, 0.1) is 11.8 Å². The summed E-state index contributed by atoms with van der Waals surface area (Å²) >= 11 is 0. The van der Waals surface area contributed by atoms with E-state index in [1.807, 2.05) is 0 Å². The Labute approximate surface area is 110 Å². The molecular weight excluding hydrogens is 228 g/mol. The predicted molar refractivity (Wildman–Crippen MR) is 71.2 cm³/mol. The molecule has 1 heterocycles. The maximum Gasteiger partial charge on any atom is 0.237 e. The lowest BCUT2D eigenvalue weighted by Gasteiger charge is -2.31. The Bertz CT molecular complexity index is 265. The molecule has 3 N–H and O–H groups in total. The summed E-state index contributed by atoms with van der Waals surface area (Å²) in [5.41, 5.74) is 0. The Morgan fingerprint density at radius 1 is 1.11 bits per heavy atom. The number of amides is 1. The summed E-state index contributed by atoms with van der Waals surface area (Å²) in [4.78, 5) is 12.0. The average molecular weight is 254 g/mol. The summed E-state index contributed by atoms with van der Waals surface area (Å²) in [5.74, 6) is 1.01. The molecule has 104 valence electrons. The minimum Gasteiger partial charge on any atom is -0.396 e. The van der Waals surface area contributed by atoms with Gasteiger partial charge >= 0.3 is 0 Å². The zero-order valence-corrected chi connectivity index (χ0v) is 11.2. The lowest BCUT2D eigenvalue weighted by Crippen LogP contribution is -2.48. The lowest BCUT2D eigenvalue weighted by molar-refractivity contribution is -0.124. The molecule has 1 aliphatic heterocycles. The van der Waals surface area contributed by atoms with Gasteiger partial charge in [0.05, 0.1) is 6.04 Å². The van der Waals surface area contributed by atoms with Crippen molar-refractivity contribution >= 4 is 5.91 Å². The van der Waals surface area contributed by atoms with E-state index < -0.39 is 0 Å². The van der Waals surface area contributed by atoms with Gasteiger partial charge in [-0.2, -0.15) is 0 Å². The van der Waals surface area contributed by atoms with Crippen LogP contribution in [-0.2, 0) is 4.79 Å². The standard InChI is InChI=1S/C14H26N2O2/c17-10-12-6-2-1-5-11(12)9-16-14(18)13-7-3-4-8-15-13/h11-13,15,17H,1-10H2,(H,16,18)/t11?,12?,13-/m0/s1. The fourth-order valence-electron chi connectivity index (χ4n) is 3.22. The number of carbonyl (C=O) groups is 1. The summed E-state index contributed by atoms with van der Waals surface area (Å²) in [7, 11) is 0. The van der Waals surface area contributed by atoms with E-state index in [1.54, 1.807) is 0 Å². The van der Waals surface area contributed by atoms with Gasteiger partial charge in [0.1, 0.15) is 0 Å². The van der Waals surface area contributed by atoms with E-state index in [4.69, 9.17) is 0 Å². The SMILES string of the molecule is O=C(NCC1CCCCC1CO)[C@@H]1CCCCN1. The summed E-state index contributed by atoms with van der Waals surface area (Å²) in [5, 5.41) is 15.7. The molecule has 0 radical (unpaired) electrons. The number of hydrogen-bond acceptors (Lipinski definition) is 3. The Balaban J connectivity index is 1.73. The zero-order valence-electron chi connectivity index (χ0n) is 11.2. The number of piperidine rings is 1. The van der Waals surface area contributed by atoms with E-state index in [9.17, 15) is 9.90 Å². The Hall–Kier alpha value is -0.610. The minimum atomic E-state index is 0.00918. The van der Waals surface area contributed by atoms with Crippen molar-refractivity contribution in [2.24, 2.45) is 11.8 Å². The van der Waals surface area contributed by atoms with Crippen molar-refractivity contribution in [2.75, 3.05) is 19.7 Å². The van der Waals surface area contributed by atoms with Gasteiger partial charge in [0.2, 0.25) is 5.91 Å². The summed E-state index contributed by atoms with van der Waals surface area (Å²) in [6.45, 7) is 1.96. The molecule has 1 saturated heterocycles. The van der Waals surface area contributed by atoms with Gasteiger partial charge in [-0.05, 0) is 44.1 Å². The van der Waals surface area contributed by atoms with Crippen molar-refractivity contribution in [2.45, 2.75) is 51.0 Å². The molecule has 1 amide bonds. The monoisotopic (exact) mass is 254 g/mol. The third-order valence-electron chi connectivity index (χ3n) is 4.47. The number of nitrogens with one attached hydrogen (secondary N) is 2. The largest absolute Gasteiger partial charge is 0.396 e. The molecule has 2 rings (SSSR count). The molecule has 1 aliphatic carbocycles. The Kier molecular flexibility index (Phi) is 5.45. The molecule has 3 atom stereocenters. The first-order chi connectivity index (χ1) is 8.81. The fourth-order valence-corrected chi connectivity index (χ4v) is 3.22. The van der Waals surface area contributed by atoms with E-state index in [0.717, 1.165) is 38.8 Å². The highest BCUT2D eigenvalue weighted by Crippen LogP contribution is 2.29. The number of carbonyl (C=O) groups excluding carboxylic acids is 1. The van der Waals surface area contributed by atoms with Crippen LogP contribution in [0.4, 0.5) is 0 Å². The van der Waals surface area contributed by atoms with Crippen LogP contribution in [0.3, 0.4) is 0 Å². The Morgan fingerprint density at radius 3 is 2.50 bits per heavy atom. The van der Waals surface area contributed by atoms with E-state index in [2.05, 4.69) is 10.6 Å². The fraction of sp³-hybridized carbons (Fsp3) is 0.929. The van der Waals surface area contributed by atoms with Gasteiger partial charge in [0.25, 0.3) is 0 Å². The average Bonchev–Trinajstić information content (AvgIpc) is 2.46. The van der Waals surface area contributed by atoms with Gasteiger partial charge in [0, 0.05) is 13.2 Å². The van der Waals surface area contributed by atoms with E-state index in [1.165, 1.54) is 19.3 Å². The normalized spacial score (nSPS) is 33.1. The molecule has 0 aromatic rings. The van der Waals surface area contributed by atoms with Gasteiger partial charge in [-0.1, -0.05) is 19.3 Å². The maximum atomic E-state index is 12.0. The molecule has 0 aromatic heterocycles.